The molecule has 8 nitrogen and oxygen atoms in total. The molecule has 0 radical (unpaired) electrons. The van der Waals surface area contributed by atoms with Gasteiger partial charge in [0.05, 0.1) is 17.8 Å². The van der Waals surface area contributed by atoms with Crippen LogP contribution in [0.25, 0.3) is 0 Å². The summed E-state index contributed by atoms with van der Waals surface area (Å²) in [6, 6.07) is 8.43. The molecule has 2 aromatic carbocycles. The Morgan fingerprint density at radius 2 is 1.87 bits per heavy atom. The van der Waals surface area contributed by atoms with Gasteiger partial charge >= 0.3 is 6.09 Å². The highest BCUT2D eigenvalue weighted by atomic mass is 35.5. The Morgan fingerprint density at radius 3 is 2.48 bits per heavy atom. The van der Waals surface area contributed by atoms with Crippen LogP contribution in [0.5, 0.6) is 11.5 Å². The Balaban J connectivity index is 2.03. The van der Waals surface area contributed by atoms with Crippen LogP contribution < -0.4 is 9.04 Å². The first-order chi connectivity index (χ1) is 14.6. The van der Waals surface area contributed by atoms with E-state index in [0.29, 0.717) is 31.7 Å². The lowest BCUT2D eigenvalue weighted by atomic mass is 9.97. The highest BCUT2D eigenvalue weighted by Gasteiger charge is 2.33. The quantitative estimate of drug-likeness (QED) is 0.627. The molecule has 0 saturated carbocycles. The van der Waals surface area contributed by atoms with Crippen LogP contribution in [0.1, 0.15) is 12.8 Å². The Bertz CT molecular complexity index is 1070. The van der Waals surface area contributed by atoms with Crippen molar-refractivity contribution in [2.75, 3.05) is 31.0 Å². The third kappa shape index (κ3) is 5.11. The van der Waals surface area contributed by atoms with E-state index < -0.39 is 16.1 Å². The first-order valence-corrected chi connectivity index (χ1v) is 11.7. The van der Waals surface area contributed by atoms with Crippen LogP contribution in [0.15, 0.2) is 41.3 Å². The van der Waals surface area contributed by atoms with Gasteiger partial charge in [0.2, 0.25) is 0 Å². The van der Waals surface area contributed by atoms with Gasteiger partial charge in [-0.05, 0) is 49.1 Å². The number of halogens is 2. The Morgan fingerprint density at radius 1 is 1.19 bits per heavy atom. The van der Waals surface area contributed by atoms with Crippen LogP contribution in [0, 0.1) is 5.92 Å². The van der Waals surface area contributed by atoms with Gasteiger partial charge in [-0.25, -0.2) is 13.2 Å². The Labute approximate surface area is 190 Å². The average molecular weight is 489 g/mol. The number of ether oxygens (including phenoxy) is 1. The number of aromatic hydroxyl groups is 1. The minimum Gasteiger partial charge on any atom is -0.506 e. The third-order valence-electron chi connectivity index (χ3n) is 5.22. The van der Waals surface area contributed by atoms with Gasteiger partial charge in [-0.2, -0.15) is 0 Å². The molecule has 1 saturated heterocycles. The molecule has 3 rings (SSSR count). The zero-order valence-corrected chi connectivity index (χ0v) is 19.0. The summed E-state index contributed by atoms with van der Waals surface area (Å²) in [5, 5.41) is 19.8. The number of phenolic OH excluding ortho intramolecular Hbond substituents is 1. The molecule has 1 amide bonds. The molecule has 1 aliphatic heterocycles. The van der Waals surface area contributed by atoms with Crippen LogP contribution in [0.3, 0.4) is 0 Å². The van der Waals surface area contributed by atoms with Crippen molar-refractivity contribution in [2.45, 2.75) is 17.7 Å². The zero-order valence-electron chi connectivity index (χ0n) is 16.7. The summed E-state index contributed by atoms with van der Waals surface area (Å²) in [5.41, 5.74) is 0.0380. The first kappa shape index (κ1) is 23.3. The number of carbonyl (C=O) groups is 1. The fraction of sp³-hybridized carbons (Fsp3) is 0.350. The molecule has 31 heavy (non-hydrogen) atoms. The molecule has 1 heterocycles. The highest BCUT2D eigenvalue weighted by molar-refractivity contribution is 7.93. The Kier molecular flexibility index (Phi) is 7.08. The molecule has 0 aliphatic carbocycles. The number of amides is 1. The molecule has 0 spiro atoms. The molecule has 11 heteroatoms. The Hall–Kier alpha value is -2.36. The van der Waals surface area contributed by atoms with E-state index in [2.05, 4.69) is 0 Å². The minimum atomic E-state index is -4.21. The summed E-state index contributed by atoms with van der Waals surface area (Å²) in [4.78, 5) is 12.3. The average Bonchev–Trinajstić information content (AvgIpc) is 2.74. The van der Waals surface area contributed by atoms with Gasteiger partial charge in [0.15, 0.2) is 0 Å². The lowest BCUT2D eigenvalue weighted by Gasteiger charge is -2.34. The molecule has 2 N–H and O–H groups in total. The lowest BCUT2D eigenvalue weighted by Crippen LogP contribution is -2.42. The van der Waals surface area contributed by atoms with E-state index >= 15 is 0 Å². The number of rotatable bonds is 6. The summed E-state index contributed by atoms with van der Waals surface area (Å²) < 4.78 is 33.5. The molecule has 1 fully saturated rings. The molecule has 0 unspecified atom stereocenters. The fourth-order valence-corrected chi connectivity index (χ4v) is 5.78. The monoisotopic (exact) mass is 488 g/mol. The number of nitrogens with zero attached hydrogens (tertiary/aromatic N) is 2. The van der Waals surface area contributed by atoms with Gasteiger partial charge < -0.3 is 19.8 Å². The van der Waals surface area contributed by atoms with E-state index in [4.69, 9.17) is 33.0 Å². The van der Waals surface area contributed by atoms with Gasteiger partial charge in [-0.1, -0.05) is 23.2 Å². The molecule has 168 valence electrons. The van der Waals surface area contributed by atoms with Crippen molar-refractivity contribution in [2.24, 2.45) is 5.92 Å². The number of anilines is 1. The zero-order chi connectivity index (χ0) is 22.8. The second kappa shape index (κ2) is 9.42. The SMILES string of the molecule is COc1ccc(O)c(N(CC2CCN(C(=O)O)CC2)S(=O)(=O)c2cc(Cl)ccc2Cl)c1. The van der Waals surface area contributed by atoms with Crippen LogP contribution in [0.2, 0.25) is 10.0 Å². The largest absolute Gasteiger partial charge is 0.506 e. The first-order valence-electron chi connectivity index (χ1n) is 9.46. The van der Waals surface area contributed by atoms with Gasteiger partial charge in [0, 0.05) is 30.7 Å². The van der Waals surface area contributed by atoms with Crippen LogP contribution in [-0.2, 0) is 10.0 Å². The number of methoxy groups -OCH3 is 1. The summed E-state index contributed by atoms with van der Waals surface area (Å²) >= 11 is 12.2. The third-order valence-corrected chi connectivity index (χ3v) is 7.72. The van der Waals surface area contributed by atoms with Gasteiger partial charge in [-0.3, -0.25) is 4.31 Å². The number of hydrogen-bond donors (Lipinski definition) is 2. The number of sulfonamides is 1. The van der Waals surface area contributed by atoms with Gasteiger partial charge in [0.25, 0.3) is 10.0 Å². The molecule has 0 atom stereocenters. The number of phenols is 1. The van der Waals surface area contributed by atoms with Crippen molar-refractivity contribution in [1.29, 1.82) is 0 Å². The van der Waals surface area contributed by atoms with E-state index in [0.717, 1.165) is 4.31 Å². The van der Waals surface area contributed by atoms with Gasteiger partial charge in [0.1, 0.15) is 16.4 Å². The van der Waals surface area contributed by atoms with E-state index in [1.807, 2.05) is 0 Å². The smallest absolute Gasteiger partial charge is 0.407 e. The summed E-state index contributed by atoms with van der Waals surface area (Å²) in [5.74, 6) is -0.00896. The molecule has 1 aliphatic rings. The van der Waals surface area contributed by atoms with Crippen molar-refractivity contribution < 1.29 is 28.2 Å². The number of piperidine rings is 1. The van der Waals surface area contributed by atoms with Crippen molar-refractivity contribution >= 4 is 45.0 Å². The molecule has 2 aromatic rings. The standard InChI is InChI=1S/C20H22Cl2N2O6S/c1-30-15-3-5-18(25)17(11-15)24(12-13-6-8-23(9-7-13)20(26)27)31(28,29)19-10-14(21)2-4-16(19)22/h2-5,10-11,13,25H,6-9,12H2,1H3,(H,26,27). The van der Waals surface area contributed by atoms with Crippen molar-refractivity contribution in [1.82, 2.24) is 4.90 Å². The summed E-state index contributed by atoms with van der Waals surface area (Å²) in [6.07, 6.45) is -0.0439. The maximum absolute atomic E-state index is 13.6. The maximum Gasteiger partial charge on any atom is 0.407 e. The maximum atomic E-state index is 13.6. The van der Waals surface area contributed by atoms with E-state index in [1.54, 1.807) is 0 Å². The normalized spacial score (nSPS) is 15.0. The fourth-order valence-electron chi connectivity index (χ4n) is 3.49. The van der Waals surface area contributed by atoms with Crippen LogP contribution in [-0.4, -0.2) is 56.4 Å². The summed E-state index contributed by atoms with van der Waals surface area (Å²) in [6.45, 7) is 0.630. The van der Waals surface area contributed by atoms with Crippen LogP contribution in [0.4, 0.5) is 10.5 Å². The second-order valence-electron chi connectivity index (χ2n) is 7.18. The van der Waals surface area contributed by atoms with E-state index in [1.165, 1.54) is 48.4 Å². The van der Waals surface area contributed by atoms with Crippen LogP contribution >= 0.6 is 23.2 Å². The van der Waals surface area contributed by atoms with Gasteiger partial charge in [-0.15, -0.1) is 0 Å². The molecule has 0 aromatic heterocycles. The summed E-state index contributed by atoms with van der Waals surface area (Å²) in [7, 11) is -2.78. The van der Waals surface area contributed by atoms with Crippen molar-refractivity contribution in [3.05, 3.63) is 46.4 Å². The predicted molar refractivity (Wildman–Crippen MR) is 118 cm³/mol. The van der Waals surface area contributed by atoms with Crippen molar-refractivity contribution in [3.8, 4) is 11.5 Å². The lowest BCUT2D eigenvalue weighted by molar-refractivity contribution is 0.125. The molecular formula is C20H22Cl2N2O6S. The predicted octanol–water partition coefficient (Wildman–Crippen LogP) is 4.29. The highest BCUT2D eigenvalue weighted by Crippen LogP contribution is 2.38. The number of carboxylic acid groups (broad SMARTS) is 1. The van der Waals surface area contributed by atoms with E-state index in [9.17, 15) is 18.3 Å². The van der Waals surface area contributed by atoms with E-state index in [-0.39, 0.29) is 38.8 Å². The number of benzene rings is 2. The molecular weight excluding hydrogens is 467 g/mol. The second-order valence-corrected chi connectivity index (χ2v) is 9.85. The minimum absolute atomic E-state index is 0.00233. The molecule has 0 bridgehead atoms. The van der Waals surface area contributed by atoms with Crippen molar-refractivity contribution in [3.63, 3.8) is 0 Å². The topological polar surface area (TPSA) is 107 Å². The number of hydrogen-bond acceptors (Lipinski definition) is 5. The number of likely N-dealkylation sites (tertiary alicyclic amines) is 1.